The van der Waals surface area contributed by atoms with Gasteiger partial charge in [0.15, 0.2) is 0 Å². The molecule has 0 fully saturated rings. The van der Waals surface area contributed by atoms with Gasteiger partial charge < -0.3 is 4.74 Å². The van der Waals surface area contributed by atoms with Gasteiger partial charge in [0.05, 0.1) is 7.11 Å². The number of nitrogens with zero attached hydrogens (tertiary/aromatic N) is 2. The Morgan fingerprint density at radius 3 is 3.00 bits per heavy atom. The summed E-state index contributed by atoms with van der Waals surface area (Å²) in [7, 11) is 1.60. The van der Waals surface area contributed by atoms with Crippen molar-refractivity contribution in [3.05, 3.63) is 18.1 Å². The van der Waals surface area contributed by atoms with Gasteiger partial charge in [-0.2, -0.15) is 4.98 Å². The molecular weight excluding hydrogens is 128 g/mol. The van der Waals surface area contributed by atoms with Gasteiger partial charge in [0.25, 0.3) is 0 Å². The summed E-state index contributed by atoms with van der Waals surface area (Å²) in [5, 5.41) is 0. The highest BCUT2D eigenvalue weighted by molar-refractivity contribution is 5.07. The van der Waals surface area contributed by atoms with Gasteiger partial charge in [0.1, 0.15) is 5.82 Å². The highest BCUT2D eigenvalue weighted by Gasteiger charge is 1.93. The summed E-state index contributed by atoms with van der Waals surface area (Å²) in [6.07, 6.45) is 2.54. The minimum atomic E-state index is 0.631. The minimum absolute atomic E-state index is 0.631. The summed E-state index contributed by atoms with van der Waals surface area (Å²) in [4.78, 5) is 8.09. The molecule has 0 unspecified atom stereocenters. The van der Waals surface area contributed by atoms with Gasteiger partial charge in [0, 0.05) is 18.7 Å². The minimum Gasteiger partial charge on any atom is -0.481 e. The normalized spacial score (nSPS) is 9.40. The second-order valence-electron chi connectivity index (χ2n) is 1.87. The first-order valence-electron chi connectivity index (χ1n) is 3.22. The first-order chi connectivity index (χ1) is 4.86. The molecule has 1 aromatic rings. The molecule has 1 rings (SSSR count). The van der Waals surface area contributed by atoms with Crippen LogP contribution in [0.25, 0.3) is 0 Å². The van der Waals surface area contributed by atoms with E-state index in [-0.39, 0.29) is 0 Å². The SMILES string of the molecule is CCc1nccc(OC)n1. The molecule has 0 atom stereocenters. The molecule has 1 heterocycles. The third-order valence-corrected chi connectivity index (χ3v) is 1.21. The molecule has 0 aliphatic heterocycles. The van der Waals surface area contributed by atoms with Crippen molar-refractivity contribution in [3.63, 3.8) is 0 Å². The van der Waals surface area contributed by atoms with Crippen LogP contribution in [0.4, 0.5) is 0 Å². The smallest absolute Gasteiger partial charge is 0.216 e. The van der Waals surface area contributed by atoms with Crippen LogP contribution < -0.4 is 4.74 Å². The number of methoxy groups -OCH3 is 1. The zero-order chi connectivity index (χ0) is 7.40. The topological polar surface area (TPSA) is 35.0 Å². The number of ether oxygens (including phenoxy) is 1. The van der Waals surface area contributed by atoms with Crippen LogP contribution in [0.3, 0.4) is 0 Å². The molecule has 10 heavy (non-hydrogen) atoms. The molecule has 0 spiro atoms. The lowest BCUT2D eigenvalue weighted by Gasteiger charge is -1.98. The Kier molecular flexibility index (Phi) is 2.20. The van der Waals surface area contributed by atoms with Crippen LogP contribution in [0.5, 0.6) is 5.88 Å². The second-order valence-corrected chi connectivity index (χ2v) is 1.87. The first kappa shape index (κ1) is 6.99. The zero-order valence-corrected chi connectivity index (χ0v) is 6.16. The Morgan fingerprint density at radius 1 is 1.60 bits per heavy atom. The van der Waals surface area contributed by atoms with E-state index in [1.807, 2.05) is 6.92 Å². The molecule has 0 bridgehead atoms. The van der Waals surface area contributed by atoms with E-state index in [4.69, 9.17) is 4.74 Å². The molecule has 0 amide bonds. The summed E-state index contributed by atoms with van der Waals surface area (Å²) in [6, 6.07) is 1.74. The summed E-state index contributed by atoms with van der Waals surface area (Å²) in [5.41, 5.74) is 0. The second kappa shape index (κ2) is 3.15. The predicted octanol–water partition coefficient (Wildman–Crippen LogP) is 1.05. The average Bonchev–Trinajstić information content (AvgIpc) is 2.05. The van der Waals surface area contributed by atoms with Crippen LogP contribution >= 0.6 is 0 Å². The van der Waals surface area contributed by atoms with Gasteiger partial charge in [0.2, 0.25) is 5.88 Å². The van der Waals surface area contributed by atoms with Crippen LogP contribution in [0.15, 0.2) is 12.3 Å². The fraction of sp³-hybridized carbons (Fsp3) is 0.429. The van der Waals surface area contributed by atoms with Gasteiger partial charge in [-0.1, -0.05) is 6.92 Å². The van der Waals surface area contributed by atoms with Crippen molar-refractivity contribution in [3.8, 4) is 5.88 Å². The Bertz CT molecular complexity index is 193. The standard InChI is InChI=1S/C7H10N2O/c1-3-6-8-5-4-7(9-6)10-2/h4-5H,3H2,1-2H3. The van der Waals surface area contributed by atoms with Crippen LogP contribution in [0.2, 0.25) is 0 Å². The molecule has 0 saturated carbocycles. The van der Waals surface area contributed by atoms with Crippen molar-refractivity contribution >= 4 is 0 Å². The number of hydrogen-bond donors (Lipinski definition) is 0. The van der Waals surface area contributed by atoms with E-state index in [0.29, 0.717) is 5.88 Å². The van der Waals surface area contributed by atoms with E-state index in [0.717, 1.165) is 12.2 Å². The molecule has 0 radical (unpaired) electrons. The predicted molar refractivity (Wildman–Crippen MR) is 38.0 cm³/mol. The molecule has 0 saturated heterocycles. The maximum absolute atomic E-state index is 4.91. The quantitative estimate of drug-likeness (QED) is 0.612. The van der Waals surface area contributed by atoms with E-state index >= 15 is 0 Å². The van der Waals surface area contributed by atoms with Crippen molar-refractivity contribution in [1.82, 2.24) is 9.97 Å². The number of hydrogen-bond acceptors (Lipinski definition) is 3. The van der Waals surface area contributed by atoms with Crippen molar-refractivity contribution in [1.29, 1.82) is 0 Å². The first-order valence-corrected chi connectivity index (χ1v) is 3.22. The highest BCUT2D eigenvalue weighted by Crippen LogP contribution is 2.03. The summed E-state index contributed by atoms with van der Waals surface area (Å²) in [6.45, 7) is 2.01. The third kappa shape index (κ3) is 1.43. The Balaban J connectivity index is 2.87. The van der Waals surface area contributed by atoms with Crippen LogP contribution in [0, 0.1) is 0 Å². The largest absolute Gasteiger partial charge is 0.481 e. The average molecular weight is 138 g/mol. The van der Waals surface area contributed by atoms with Crippen LogP contribution in [0.1, 0.15) is 12.7 Å². The van der Waals surface area contributed by atoms with Gasteiger partial charge in [-0.3, -0.25) is 0 Å². The Morgan fingerprint density at radius 2 is 2.40 bits per heavy atom. The van der Waals surface area contributed by atoms with Gasteiger partial charge in [-0.05, 0) is 0 Å². The maximum atomic E-state index is 4.91. The van der Waals surface area contributed by atoms with Crippen molar-refractivity contribution in [2.24, 2.45) is 0 Å². The zero-order valence-electron chi connectivity index (χ0n) is 6.16. The van der Waals surface area contributed by atoms with Gasteiger partial charge in [-0.25, -0.2) is 4.98 Å². The van der Waals surface area contributed by atoms with Crippen molar-refractivity contribution in [2.45, 2.75) is 13.3 Å². The molecule has 0 aromatic carbocycles. The summed E-state index contributed by atoms with van der Waals surface area (Å²) in [5.74, 6) is 1.45. The van der Waals surface area contributed by atoms with Gasteiger partial charge >= 0.3 is 0 Å². The molecule has 0 aliphatic rings. The Hall–Kier alpha value is -1.12. The van der Waals surface area contributed by atoms with E-state index in [2.05, 4.69) is 9.97 Å². The van der Waals surface area contributed by atoms with Gasteiger partial charge in [-0.15, -0.1) is 0 Å². The van der Waals surface area contributed by atoms with Crippen molar-refractivity contribution in [2.75, 3.05) is 7.11 Å². The maximum Gasteiger partial charge on any atom is 0.216 e. The molecule has 0 aliphatic carbocycles. The molecule has 3 heteroatoms. The van der Waals surface area contributed by atoms with E-state index in [1.54, 1.807) is 19.4 Å². The fourth-order valence-electron chi connectivity index (χ4n) is 0.664. The van der Waals surface area contributed by atoms with Crippen LogP contribution in [-0.2, 0) is 6.42 Å². The monoisotopic (exact) mass is 138 g/mol. The lowest BCUT2D eigenvalue weighted by molar-refractivity contribution is 0.395. The van der Waals surface area contributed by atoms with E-state index in [1.165, 1.54) is 0 Å². The Labute approximate surface area is 60.1 Å². The van der Waals surface area contributed by atoms with E-state index < -0.39 is 0 Å². The molecule has 54 valence electrons. The lowest BCUT2D eigenvalue weighted by Crippen LogP contribution is -1.94. The number of aromatic nitrogens is 2. The molecule has 1 aromatic heterocycles. The third-order valence-electron chi connectivity index (χ3n) is 1.21. The number of aryl methyl sites for hydroxylation is 1. The molecule has 0 N–H and O–H groups in total. The molecular formula is C7H10N2O. The highest BCUT2D eigenvalue weighted by atomic mass is 16.5. The summed E-state index contributed by atoms with van der Waals surface area (Å²) >= 11 is 0. The molecule has 3 nitrogen and oxygen atoms in total. The number of rotatable bonds is 2. The van der Waals surface area contributed by atoms with Crippen molar-refractivity contribution < 1.29 is 4.74 Å². The fourth-order valence-corrected chi connectivity index (χ4v) is 0.664. The lowest BCUT2D eigenvalue weighted by atomic mass is 10.4. The van der Waals surface area contributed by atoms with Crippen LogP contribution in [-0.4, -0.2) is 17.1 Å². The summed E-state index contributed by atoms with van der Waals surface area (Å²) < 4.78 is 4.91. The van der Waals surface area contributed by atoms with E-state index in [9.17, 15) is 0 Å².